The summed E-state index contributed by atoms with van der Waals surface area (Å²) >= 11 is 1.43. The smallest absolute Gasteiger partial charge is 0.209 e. The number of nitrogens with zero attached hydrogens (tertiary/aromatic N) is 4. The number of tetrazole rings is 1. The molecular formula is C8H14N4OS. The fraction of sp³-hybridized carbons (Fsp3) is 0.625. The van der Waals surface area contributed by atoms with Crippen molar-refractivity contribution in [3.63, 3.8) is 0 Å². The largest absolute Gasteiger partial charge is 0.390 e. The van der Waals surface area contributed by atoms with Crippen LogP contribution in [-0.2, 0) is 6.54 Å². The van der Waals surface area contributed by atoms with Crippen LogP contribution in [0.1, 0.15) is 13.8 Å². The van der Waals surface area contributed by atoms with Crippen LogP contribution < -0.4 is 0 Å². The van der Waals surface area contributed by atoms with Crippen molar-refractivity contribution in [2.45, 2.75) is 31.1 Å². The van der Waals surface area contributed by atoms with Crippen LogP contribution in [0.25, 0.3) is 0 Å². The van der Waals surface area contributed by atoms with E-state index in [1.807, 2.05) is 0 Å². The molecule has 0 aromatic carbocycles. The summed E-state index contributed by atoms with van der Waals surface area (Å²) in [6, 6.07) is 0. The molecule has 0 radical (unpaired) electrons. The van der Waals surface area contributed by atoms with Crippen molar-refractivity contribution in [2.75, 3.05) is 5.75 Å². The molecule has 0 aliphatic rings. The molecule has 0 bridgehead atoms. The van der Waals surface area contributed by atoms with Crippen LogP contribution in [0, 0.1) is 0 Å². The summed E-state index contributed by atoms with van der Waals surface area (Å²) in [5.41, 5.74) is -0.713. The Kier molecular flexibility index (Phi) is 3.65. The zero-order chi connectivity index (χ0) is 10.6. The Hall–Kier alpha value is -0.880. The SMILES string of the molecule is C=CCn1nnnc1SCC(C)(C)O. The van der Waals surface area contributed by atoms with E-state index in [-0.39, 0.29) is 0 Å². The second-order valence-electron chi connectivity index (χ2n) is 3.53. The molecule has 0 aliphatic heterocycles. The van der Waals surface area contributed by atoms with Gasteiger partial charge in [-0.3, -0.25) is 0 Å². The van der Waals surface area contributed by atoms with Crippen molar-refractivity contribution < 1.29 is 5.11 Å². The van der Waals surface area contributed by atoms with Gasteiger partial charge in [-0.1, -0.05) is 17.8 Å². The maximum absolute atomic E-state index is 9.52. The lowest BCUT2D eigenvalue weighted by Gasteiger charge is -2.15. The summed E-state index contributed by atoms with van der Waals surface area (Å²) in [6.07, 6.45) is 1.73. The van der Waals surface area contributed by atoms with Crippen molar-refractivity contribution in [1.82, 2.24) is 20.2 Å². The molecule has 6 heteroatoms. The van der Waals surface area contributed by atoms with Crippen molar-refractivity contribution in [2.24, 2.45) is 0 Å². The van der Waals surface area contributed by atoms with E-state index in [0.717, 1.165) is 0 Å². The molecule has 1 aromatic heterocycles. The Morgan fingerprint density at radius 2 is 2.36 bits per heavy atom. The van der Waals surface area contributed by atoms with Crippen LogP contribution in [0.4, 0.5) is 0 Å². The second kappa shape index (κ2) is 4.56. The first-order chi connectivity index (χ1) is 6.53. The van der Waals surface area contributed by atoms with E-state index >= 15 is 0 Å². The van der Waals surface area contributed by atoms with Gasteiger partial charge >= 0.3 is 0 Å². The third kappa shape index (κ3) is 3.47. The van der Waals surface area contributed by atoms with E-state index in [4.69, 9.17) is 0 Å². The predicted molar refractivity (Wildman–Crippen MR) is 55.0 cm³/mol. The van der Waals surface area contributed by atoms with Crippen LogP contribution in [0.5, 0.6) is 0 Å². The Morgan fingerprint density at radius 3 is 2.93 bits per heavy atom. The van der Waals surface area contributed by atoms with E-state index in [0.29, 0.717) is 17.5 Å². The van der Waals surface area contributed by atoms with Crippen LogP contribution in [0.15, 0.2) is 17.8 Å². The summed E-state index contributed by atoms with van der Waals surface area (Å²) in [5, 5.41) is 21.4. The van der Waals surface area contributed by atoms with Crippen LogP contribution in [0.3, 0.4) is 0 Å². The van der Waals surface area contributed by atoms with Crippen LogP contribution >= 0.6 is 11.8 Å². The van der Waals surface area contributed by atoms with Gasteiger partial charge in [0.05, 0.1) is 12.1 Å². The molecule has 0 aliphatic carbocycles. The van der Waals surface area contributed by atoms with E-state index in [9.17, 15) is 5.11 Å². The highest BCUT2D eigenvalue weighted by molar-refractivity contribution is 7.99. The third-order valence-electron chi connectivity index (χ3n) is 1.36. The molecule has 0 saturated heterocycles. The van der Waals surface area contributed by atoms with Crippen LogP contribution in [0.2, 0.25) is 0 Å². The molecule has 0 spiro atoms. The molecule has 14 heavy (non-hydrogen) atoms. The molecule has 5 nitrogen and oxygen atoms in total. The lowest BCUT2D eigenvalue weighted by Crippen LogP contribution is -2.22. The molecule has 0 atom stereocenters. The molecule has 1 N–H and O–H groups in total. The van der Waals surface area contributed by atoms with Gasteiger partial charge in [0, 0.05) is 5.75 Å². The van der Waals surface area contributed by atoms with E-state index < -0.39 is 5.60 Å². The average molecular weight is 214 g/mol. The standard InChI is InChI=1S/C8H14N4OS/c1-4-5-12-7(9-10-11-12)14-6-8(2,3)13/h4,13H,1,5-6H2,2-3H3. The topological polar surface area (TPSA) is 63.8 Å². The van der Waals surface area contributed by atoms with Crippen molar-refractivity contribution in [3.05, 3.63) is 12.7 Å². The van der Waals surface area contributed by atoms with Crippen LogP contribution in [-0.4, -0.2) is 36.7 Å². The van der Waals surface area contributed by atoms with Gasteiger partial charge in [0.15, 0.2) is 0 Å². The third-order valence-corrected chi connectivity index (χ3v) is 2.76. The predicted octanol–water partition coefficient (Wildman–Crippen LogP) is 0.722. The Balaban J connectivity index is 2.58. The number of hydrogen-bond acceptors (Lipinski definition) is 5. The highest BCUT2D eigenvalue weighted by Gasteiger charge is 2.15. The van der Waals surface area contributed by atoms with Crippen molar-refractivity contribution >= 4 is 11.8 Å². The quantitative estimate of drug-likeness (QED) is 0.578. The first kappa shape index (κ1) is 11.2. The average Bonchev–Trinajstić information content (AvgIpc) is 2.48. The maximum atomic E-state index is 9.52. The number of allylic oxidation sites excluding steroid dienone is 1. The minimum absolute atomic E-state index is 0.560. The highest BCUT2D eigenvalue weighted by Crippen LogP contribution is 2.19. The molecule has 1 aromatic rings. The number of rotatable bonds is 5. The molecule has 0 amide bonds. The van der Waals surface area contributed by atoms with Gasteiger partial charge in [-0.15, -0.1) is 11.7 Å². The van der Waals surface area contributed by atoms with E-state index in [1.165, 1.54) is 11.8 Å². The summed E-state index contributed by atoms with van der Waals surface area (Å²) in [6.45, 7) is 7.70. The highest BCUT2D eigenvalue weighted by atomic mass is 32.2. The lowest BCUT2D eigenvalue weighted by molar-refractivity contribution is 0.107. The van der Waals surface area contributed by atoms with Gasteiger partial charge in [-0.05, 0) is 24.3 Å². The van der Waals surface area contributed by atoms with Crippen molar-refractivity contribution in [1.29, 1.82) is 0 Å². The molecule has 0 saturated carbocycles. The zero-order valence-electron chi connectivity index (χ0n) is 8.34. The lowest BCUT2D eigenvalue weighted by atomic mass is 10.2. The molecule has 1 rings (SSSR count). The normalized spacial score (nSPS) is 11.6. The number of thioether (sulfide) groups is 1. The minimum Gasteiger partial charge on any atom is -0.390 e. The molecule has 0 fully saturated rings. The zero-order valence-corrected chi connectivity index (χ0v) is 9.16. The van der Waals surface area contributed by atoms with Gasteiger partial charge in [-0.25, -0.2) is 4.68 Å². The van der Waals surface area contributed by atoms with Gasteiger partial charge in [0.25, 0.3) is 0 Å². The minimum atomic E-state index is -0.713. The van der Waals surface area contributed by atoms with E-state index in [2.05, 4.69) is 22.1 Å². The first-order valence-electron chi connectivity index (χ1n) is 4.25. The molecule has 1 heterocycles. The number of aromatic nitrogens is 4. The molecule has 78 valence electrons. The fourth-order valence-corrected chi connectivity index (χ4v) is 1.61. The Labute approximate surface area is 87.2 Å². The van der Waals surface area contributed by atoms with E-state index in [1.54, 1.807) is 24.6 Å². The second-order valence-corrected chi connectivity index (χ2v) is 4.48. The van der Waals surface area contributed by atoms with Crippen molar-refractivity contribution in [3.8, 4) is 0 Å². The van der Waals surface area contributed by atoms with Gasteiger partial charge < -0.3 is 5.11 Å². The molecular weight excluding hydrogens is 200 g/mol. The summed E-state index contributed by atoms with van der Waals surface area (Å²) in [5.74, 6) is 0.560. The maximum Gasteiger partial charge on any atom is 0.209 e. The summed E-state index contributed by atoms with van der Waals surface area (Å²) in [7, 11) is 0. The van der Waals surface area contributed by atoms with Gasteiger partial charge in [0.1, 0.15) is 0 Å². The molecule has 0 unspecified atom stereocenters. The summed E-state index contributed by atoms with van der Waals surface area (Å²) in [4.78, 5) is 0. The Morgan fingerprint density at radius 1 is 1.64 bits per heavy atom. The van der Waals surface area contributed by atoms with Gasteiger partial charge in [-0.2, -0.15) is 0 Å². The number of aliphatic hydroxyl groups is 1. The fourth-order valence-electron chi connectivity index (χ4n) is 0.778. The number of hydrogen-bond donors (Lipinski definition) is 1. The van der Waals surface area contributed by atoms with Gasteiger partial charge in [0.2, 0.25) is 5.16 Å². The monoisotopic (exact) mass is 214 g/mol. The first-order valence-corrected chi connectivity index (χ1v) is 5.24. The summed E-state index contributed by atoms with van der Waals surface area (Å²) < 4.78 is 1.64. The Bertz CT molecular complexity index is 305.